The van der Waals surface area contributed by atoms with Crippen molar-refractivity contribution in [2.75, 3.05) is 31.1 Å². The first kappa shape index (κ1) is 11.6. The average Bonchev–Trinajstić information content (AvgIpc) is 2.03. The Hall–Kier alpha value is 0.650. The van der Waals surface area contributed by atoms with E-state index in [9.17, 15) is 0 Å². The number of hydrogen-bond donors (Lipinski definition) is 2. The van der Waals surface area contributed by atoms with Crippen LogP contribution in [0.1, 0.15) is 19.3 Å². The number of nitrogens with one attached hydrogen (secondary N) is 2. The molecule has 0 atom stereocenters. The van der Waals surface area contributed by atoms with Crippen LogP contribution < -0.4 is 10.6 Å². The van der Waals surface area contributed by atoms with Crippen molar-refractivity contribution in [3.8, 4) is 0 Å². The van der Waals surface area contributed by atoms with Crippen LogP contribution in [0.5, 0.6) is 0 Å². The van der Waals surface area contributed by atoms with Gasteiger partial charge in [-0.1, -0.05) is 22.6 Å². The number of rotatable bonds is 8. The summed E-state index contributed by atoms with van der Waals surface area (Å²) in [5.41, 5.74) is 0. The van der Waals surface area contributed by atoms with Gasteiger partial charge in [0.2, 0.25) is 0 Å². The zero-order valence-electron chi connectivity index (χ0n) is 7.33. The molecule has 0 rings (SSSR count). The monoisotopic (exact) mass is 270 g/mol. The first-order valence-corrected chi connectivity index (χ1v) is 5.85. The molecule has 68 valence electrons. The molecule has 0 aromatic heterocycles. The maximum absolute atomic E-state index is 3.41. The average molecular weight is 270 g/mol. The molecule has 0 amide bonds. The quantitative estimate of drug-likeness (QED) is 0.396. The molecular formula is C8H19IN2. The zero-order valence-corrected chi connectivity index (χ0v) is 9.49. The molecule has 0 aliphatic rings. The van der Waals surface area contributed by atoms with Crippen molar-refractivity contribution in [2.24, 2.45) is 0 Å². The molecule has 0 saturated carbocycles. The maximum atomic E-state index is 3.41. The van der Waals surface area contributed by atoms with Gasteiger partial charge in [-0.05, 0) is 45.9 Å². The number of halogens is 1. The van der Waals surface area contributed by atoms with Crippen molar-refractivity contribution in [1.29, 1.82) is 0 Å². The third kappa shape index (κ3) is 10.7. The first-order chi connectivity index (χ1) is 5.41. The fraction of sp³-hybridized carbons (Fsp3) is 1.00. The Morgan fingerprint density at radius 3 is 2.27 bits per heavy atom. The van der Waals surface area contributed by atoms with Gasteiger partial charge in [0.15, 0.2) is 0 Å². The van der Waals surface area contributed by atoms with Crippen LogP contribution in [0.15, 0.2) is 0 Å². The summed E-state index contributed by atoms with van der Waals surface area (Å²) < 4.78 is 1.27. The van der Waals surface area contributed by atoms with Gasteiger partial charge in [0, 0.05) is 4.43 Å². The molecule has 0 unspecified atom stereocenters. The van der Waals surface area contributed by atoms with Crippen LogP contribution in [0.2, 0.25) is 0 Å². The molecule has 0 aliphatic heterocycles. The smallest absolute Gasteiger partial charge is 0.000735 e. The lowest BCUT2D eigenvalue weighted by molar-refractivity contribution is 0.604. The van der Waals surface area contributed by atoms with Crippen LogP contribution >= 0.6 is 22.6 Å². The van der Waals surface area contributed by atoms with Crippen LogP contribution in [0.3, 0.4) is 0 Å². The lowest BCUT2D eigenvalue weighted by Crippen LogP contribution is -2.18. The van der Waals surface area contributed by atoms with E-state index in [1.54, 1.807) is 0 Å². The molecule has 0 aromatic rings. The van der Waals surface area contributed by atoms with Crippen molar-refractivity contribution in [3.63, 3.8) is 0 Å². The number of hydrogen-bond acceptors (Lipinski definition) is 2. The third-order valence-corrected chi connectivity index (χ3v) is 2.28. The van der Waals surface area contributed by atoms with Crippen LogP contribution in [-0.4, -0.2) is 31.1 Å². The van der Waals surface area contributed by atoms with Gasteiger partial charge in [0.05, 0.1) is 0 Å². The highest BCUT2D eigenvalue weighted by atomic mass is 127. The lowest BCUT2D eigenvalue weighted by atomic mass is 10.3. The van der Waals surface area contributed by atoms with Crippen molar-refractivity contribution >= 4 is 22.6 Å². The highest BCUT2D eigenvalue weighted by Gasteiger charge is 1.87. The van der Waals surface area contributed by atoms with Gasteiger partial charge in [-0.2, -0.15) is 0 Å². The number of alkyl halides is 1. The molecule has 0 fully saturated rings. The summed E-state index contributed by atoms with van der Waals surface area (Å²) in [6, 6.07) is 0. The van der Waals surface area contributed by atoms with E-state index in [4.69, 9.17) is 0 Å². The van der Waals surface area contributed by atoms with E-state index >= 15 is 0 Å². The second-order valence-corrected chi connectivity index (χ2v) is 3.68. The van der Waals surface area contributed by atoms with Crippen LogP contribution in [-0.2, 0) is 0 Å². The van der Waals surface area contributed by atoms with Gasteiger partial charge in [-0.25, -0.2) is 0 Å². The predicted octanol–water partition coefficient (Wildman–Crippen LogP) is 1.40. The summed E-state index contributed by atoms with van der Waals surface area (Å²) >= 11 is 2.41. The Kier molecular flexibility index (Phi) is 11.3. The topological polar surface area (TPSA) is 24.1 Å². The van der Waals surface area contributed by atoms with E-state index in [1.165, 1.54) is 36.8 Å². The summed E-state index contributed by atoms with van der Waals surface area (Å²) in [4.78, 5) is 0. The lowest BCUT2D eigenvalue weighted by Gasteiger charge is -2.02. The van der Waals surface area contributed by atoms with Gasteiger partial charge < -0.3 is 10.6 Å². The Morgan fingerprint density at radius 1 is 1.00 bits per heavy atom. The van der Waals surface area contributed by atoms with Crippen LogP contribution in [0.4, 0.5) is 0 Å². The molecule has 0 aliphatic carbocycles. The van der Waals surface area contributed by atoms with E-state index in [-0.39, 0.29) is 0 Å². The SMILES string of the molecule is CNCCCCNCCCI. The van der Waals surface area contributed by atoms with E-state index in [1.807, 2.05) is 7.05 Å². The van der Waals surface area contributed by atoms with E-state index in [0.29, 0.717) is 0 Å². The molecule has 0 heterocycles. The minimum absolute atomic E-state index is 1.15. The summed E-state index contributed by atoms with van der Waals surface area (Å²) in [5.74, 6) is 0. The Labute approximate surface area is 83.7 Å². The van der Waals surface area contributed by atoms with Gasteiger partial charge in [0.1, 0.15) is 0 Å². The molecule has 0 aromatic carbocycles. The standard InChI is InChI=1S/C8H19IN2/c1-10-6-2-3-7-11-8-4-5-9/h10-11H,2-8H2,1H3. The summed E-state index contributed by atoms with van der Waals surface area (Å²) in [7, 11) is 2.00. The van der Waals surface area contributed by atoms with Gasteiger partial charge in [-0.15, -0.1) is 0 Å². The first-order valence-electron chi connectivity index (χ1n) is 4.33. The predicted molar refractivity (Wildman–Crippen MR) is 59.5 cm³/mol. The zero-order chi connectivity index (χ0) is 8.36. The van der Waals surface area contributed by atoms with E-state index in [0.717, 1.165) is 6.54 Å². The van der Waals surface area contributed by atoms with E-state index < -0.39 is 0 Å². The fourth-order valence-corrected chi connectivity index (χ4v) is 1.25. The van der Waals surface area contributed by atoms with Crippen LogP contribution in [0.25, 0.3) is 0 Å². The Morgan fingerprint density at radius 2 is 1.64 bits per heavy atom. The maximum Gasteiger partial charge on any atom is 0.000735 e. The minimum Gasteiger partial charge on any atom is -0.320 e. The summed E-state index contributed by atoms with van der Waals surface area (Å²) in [5, 5.41) is 6.55. The molecule has 11 heavy (non-hydrogen) atoms. The molecule has 2 N–H and O–H groups in total. The third-order valence-electron chi connectivity index (χ3n) is 1.52. The van der Waals surface area contributed by atoms with E-state index in [2.05, 4.69) is 33.2 Å². The largest absolute Gasteiger partial charge is 0.320 e. The molecule has 0 spiro atoms. The summed E-state index contributed by atoms with van der Waals surface area (Å²) in [6.45, 7) is 3.51. The molecule has 3 heteroatoms. The van der Waals surface area contributed by atoms with Crippen LogP contribution in [0, 0.1) is 0 Å². The highest BCUT2D eigenvalue weighted by molar-refractivity contribution is 14.1. The Bertz CT molecular complexity index is 61.1. The minimum atomic E-state index is 1.15. The van der Waals surface area contributed by atoms with Gasteiger partial charge >= 0.3 is 0 Å². The van der Waals surface area contributed by atoms with Crippen molar-refractivity contribution < 1.29 is 0 Å². The van der Waals surface area contributed by atoms with Crippen molar-refractivity contribution in [1.82, 2.24) is 10.6 Å². The molecular weight excluding hydrogens is 251 g/mol. The summed E-state index contributed by atoms with van der Waals surface area (Å²) in [6.07, 6.45) is 3.88. The van der Waals surface area contributed by atoms with Crippen molar-refractivity contribution in [2.45, 2.75) is 19.3 Å². The Balaban J connectivity index is 2.69. The fourth-order valence-electron chi connectivity index (χ4n) is 0.869. The molecule has 0 saturated heterocycles. The molecule has 0 bridgehead atoms. The van der Waals surface area contributed by atoms with Crippen molar-refractivity contribution in [3.05, 3.63) is 0 Å². The second-order valence-electron chi connectivity index (χ2n) is 2.60. The number of unbranched alkanes of at least 4 members (excludes halogenated alkanes) is 1. The molecule has 2 nitrogen and oxygen atoms in total. The normalized spacial score (nSPS) is 10.4. The second kappa shape index (κ2) is 10.7. The molecule has 0 radical (unpaired) electrons. The van der Waals surface area contributed by atoms with Gasteiger partial charge in [0.25, 0.3) is 0 Å². The van der Waals surface area contributed by atoms with Gasteiger partial charge in [-0.3, -0.25) is 0 Å². The highest BCUT2D eigenvalue weighted by Crippen LogP contribution is 1.87.